The number of benzene rings is 2. The molecule has 0 fully saturated rings. The molecule has 3 aromatic rings. The summed E-state index contributed by atoms with van der Waals surface area (Å²) in [6, 6.07) is 16.4. The quantitative estimate of drug-likeness (QED) is 0.666. The van der Waals surface area contributed by atoms with Crippen LogP contribution in [0.4, 0.5) is 5.69 Å². The second-order valence-electron chi connectivity index (χ2n) is 7.58. The zero-order chi connectivity index (χ0) is 19.1. The highest BCUT2D eigenvalue weighted by Crippen LogP contribution is 2.41. The van der Waals surface area contributed by atoms with Crippen LogP contribution in [-0.4, -0.2) is 20.9 Å². The highest BCUT2D eigenvalue weighted by atomic mass is 16.2. The van der Waals surface area contributed by atoms with E-state index in [1.165, 1.54) is 0 Å². The van der Waals surface area contributed by atoms with E-state index in [0.29, 0.717) is 6.54 Å². The molecular weight excluding hydrogens is 336 g/mol. The summed E-state index contributed by atoms with van der Waals surface area (Å²) in [7, 11) is 0. The minimum Gasteiger partial charge on any atom is -0.307 e. The minimum atomic E-state index is -0.0875. The van der Waals surface area contributed by atoms with Crippen molar-refractivity contribution in [2.75, 3.05) is 4.90 Å². The third kappa shape index (κ3) is 2.83. The third-order valence-corrected chi connectivity index (χ3v) is 4.99. The van der Waals surface area contributed by atoms with E-state index in [1.807, 2.05) is 59.8 Å². The van der Waals surface area contributed by atoms with Gasteiger partial charge in [0.1, 0.15) is 5.69 Å². The van der Waals surface area contributed by atoms with E-state index in [0.717, 1.165) is 33.8 Å². The SMILES string of the molecule is CC(C)C(=O)N1Cc2ccccc2-c2c(nnn2C(C)C)-c2ccccc21. The molecule has 27 heavy (non-hydrogen) atoms. The Morgan fingerprint density at radius 3 is 2.33 bits per heavy atom. The Morgan fingerprint density at radius 2 is 1.63 bits per heavy atom. The van der Waals surface area contributed by atoms with Gasteiger partial charge in [-0.3, -0.25) is 4.79 Å². The summed E-state index contributed by atoms with van der Waals surface area (Å²) in [5.41, 5.74) is 5.87. The second kappa shape index (κ2) is 6.65. The number of anilines is 1. The lowest BCUT2D eigenvalue weighted by Gasteiger charge is -2.30. The molecule has 1 amide bonds. The van der Waals surface area contributed by atoms with Gasteiger partial charge in [-0.15, -0.1) is 5.10 Å². The first-order valence-corrected chi connectivity index (χ1v) is 9.43. The van der Waals surface area contributed by atoms with Crippen LogP contribution in [0.2, 0.25) is 0 Å². The molecule has 4 rings (SSSR count). The van der Waals surface area contributed by atoms with E-state index in [-0.39, 0.29) is 17.9 Å². The van der Waals surface area contributed by atoms with Crippen LogP contribution in [0.3, 0.4) is 0 Å². The predicted octanol–water partition coefficient (Wildman–Crippen LogP) is 4.70. The van der Waals surface area contributed by atoms with E-state index in [4.69, 9.17) is 0 Å². The molecule has 1 aromatic heterocycles. The number of hydrogen-bond acceptors (Lipinski definition) is 3. The van der Waals surface area contributed by atoms with Crippen molar-refractivity contribution in [1.29, 1.82) is 0 Å². The van der Waals surface area contributed by atoms with Crippen molar-refractivity contribution in [2.45, 2.75) is 40.3 Å². The van der Waals surface area contributed by atoms with Crippen LogP contribution < -0.4 is 4.90 Å². The molecule has 0 aliphatic carbocycles. The van der Waals surface area contributed by atoms with Crippen LogP contribution in [0.5, 0.6) is 0 Å². The van der Waals surface area contributed by atoms with E-state index >= 15 is 0 Å². The molecule has 138 valence electrons. The van der Waals surface area contributed by atoms with Gasteiger partial charge in [-0.25, -0.2) is 4.68 Å². The van der Waals surface area contributed by atoms with Crippen molar-refractivity contribution in [3.8, 4) is 22.5 Å². The minimum absolute atomic E-state index is 0.0875. The molecule has 0 saturated carbocycles. The summed E-state index contributed by atoms with van der Waals surface area (Å²) in [4.78, 5) is 14.9. The Morgan fingerprint density at radius 1 is 0.963 bits per heavy atom. The molecule has 1 aliphatic rings. The highest BCUT2D eigenvalue weighted by molar-refractivity contribution is 6.00. The van der Waals surface area contributed by atoms with E-state index in [9.17, 15) is 4.79 Å². The summed E-state index contributed by atoms with van der Waals surface area (Å²) in [6.45, 7) is 8.63. The smallest absolute Gasteiger partial charge is 0.229 e. The van der Waals surface area contributed by atoms with Crippen molar-refractivity contribution in [3.05, 3.63) is 54.1 Å². The summed E-state index contributed by atoms with van der Waals surface area (Å²) in [5.74, 6) is 0.0208. The van der Waals surface area contributed by atoms with Gasteiger partial charge in [-0.2, -0.15) is 0 Å². The molecule has 5 nitrogen and oxygen atoms in total. The second-order valence-corrected chi connectivity index (χ2v) is 7.58. The summed E-state index contributed by atoms with van der Waals surface area (Å²) in [6.07, 6.45) is 0. The fraction of sp³-hybridized carbons (Fsp3) is 0.318. The van der Waals surface area contributed by atoms with Crippen molar-refractivity contribution in [2.24, 2.45) is 5.92 Å². The number of para-hydroxylation sites is 1. The average Bonchev–Trinajstić information content (AvgIpc) is 3.09. The molecule has 0 spiro atoms. The Hall–Kier alpha value is -2.95. The normalized spacial score (nSPS) is 13.0. The monoisotopic (exact) mass is 360 g/mol. The van der Waals surface area contributed by atoms with Crippen LogP contribution in [0.25, 0.3) is 22.5 Å². The molecule has 0 saturated heterocycles. The zero-order valence-electron chi connectivity index (χ0n) is 16.2. The Kier molecular flexibility index (Phi) is 4.30. The van der Waals surface area contributed by atoms with Gasteiger partial charge in [0, 0.05) is 23.1 Å². The molecule has 0 radical (unpaired) electrons. The van der Waals surface area contributed by atoms with E-state index < -0.39 is 0 Å². The maximum absolute atomic E-state index is 13.0. The average molecular weight is 360 g/mol. The number of nitrogens with zero attached hydrogens (tertiary/aromatic N) is 4. The van der Waals surface area contributed by atoms with Gasteiger partial charge >= 0.3 is 0 Å². The van der Waals surface area contributed by atoms with Gasteiger partial charge in [-0.1, -0.05) is 61.5 Å². The van der Waals surface area contributed by atoms with Crippen molar-refractivity contribution >= 4 is 11.6 Å². The van der Waals surface area contributed by atoms with Gasteiger partial charge in [0.2, 0.25) is 5.91 Å². The zero-order valence-corrected chi connectivity index (χ0v) is 16.2. The van der Waals surface area contributed by atoms with Crippen LogP contribution in [0.1, 0.15) is 39.3 Å². The van der Waals surface area contributed by atoms with E-state index in [2.05, 4.69) is 36.3 Å². The number of amides is 1. The van der Waals surface area contributed by atoms with Gasteiger partial charge in [0.05, 0.1) is 17.9 Å². The lowest BCUT2D eigenvalue weighted by atomic mass is 9.95. The summed E-state index contributed by atoms with van der Waals surface area (Å²) >= 11 is 0. The molecule has 5 heteroatoms. The lowest BCUT2D eigenvalue weighted by Crippen LogP contribution is -2.34. The third-order valence-electron chi connectivity index (χ3n) is 4.99. The van der Waals surface area contributed by atoms with Gasteiger partial charge in [-0.05, 0) is 25.5 Å². The maximum atomic E-state index is 13.0. The molecule has 0 N–H and O–H groups in total. The molecule has 0 bridgehead atoms. The lowest BCUT2D eigenvalue weighted by molar-refractivity contribution is -0.121. The standard InChI is InChI=1S/C22H24N4O/c1-14(2)22(27)25-13-16-9-5-6-10-17(16)21-20(23-24-26(21)15(3)4)18-11-7-8-12-19(18)25/h5-12,14-15H,13H2,1-4H3. The van der Waals surface area contributed by atoms with Crippen molar-refractivity contribution < 1.29 is 4.79 Å². The fourth-order valence-corrected chi connectivity index (χ4v) is 3.65. The van der Waals surface area contributed by atoms with Gasteiger partial charge in [0.25, 0.3) is 0 Å². The Labute approximate surface area is 159 Å². The molecule has 0 unspecified atom stereocenters. The Bertz CT molecular complexity index is 1000. The molecule has 2 aromatic carbocycles. The number of rotatable bonds is 2. The topological polar surface area (TPSA) is 51.0 Å². The largest absolute Gasteiger partial charge is 0.307 e. The van der Waals surface area contributed by atoms with Crippen LogP contribution in [0, 0.1) is 5.92 Å². The van der Waals surface area contributed by atoms with Gasteiger partial charge < -0.3 is 4.90 Å². The maximum Gasteiger partial charge on any atom is 0.229 e. The molecule has 1 aliphatic heterocycles. The van der Waals surface area contributed by atoms with Crippen LogP contribution >= 0.6 is 0 Å². The number of carbonyl (C=O) groups is 1. The molecule has 2 heterocycles. The summed E-state index contributed by atoms with van der Waals surface area (Å²) in [5, 5.41) is 8.98. The van der Waals surface area contributed by atoms with Crippen LogP contribution in [-0.2, 0) is 11.3 Å². The summed E-state index contributed by atoms with van der Waals surface area (Å²) < 4.78 is 1.98. The fourth-order valence-electron chi connectivity index (χ4n) is 3.65. The Balaban J connectivity index is 2.06. The molecule has 0 atom stereocenters. The van der Waals surface area contributed by atoms with Crippen LogP contribution in [0.15, 0.2) is 48.5 Å². The molecular formula is C22H24N4O. The number of aromatic nitrogens is 3. The van der Waals surface area contributed by atoms with E-state index in [1.54, 1.807) is 0 Å². The number of fused-ring (bicyclic) bond motifs is 5. The van der Waals surface area contributed by atoms with Gasteiger partial charge in [0.15, 0.2) is 0 Å². The first-order valence-electron chi connectivity index (χ1n) is 9.43. The highest BCUT2D eigenvalue weighted by Gasteiger charge is 2.30. The first-order chi connectivity index (χ1) is 13.0. The number of hydrogen-bond donors (Lipinski definition) is 0. The first kappa shape index (κ1) is 17.5. The number of carbonyl (C=O) groups excluding carboxylic acids is 1. The van der Waals surface area contributed by atoms with Crippen molar-refractivity contribution in [1.82, 2.24) is 15.0 Å². The van der Waals surface area contributed by atoms with Crippen molar-refractivity contribution in [3.63, 3.8) is 0 Å². The predicted molar refractivity (Wildman–Crippen MR) is 107 cm³/mol.